The van der Waals surface area contributed by atoms with Crippen molar-refractivity contribution in [3.63, 3.8) is 0 Å². The Morgan fingerprint density at radius 2 is 1.73 bits per heavy atom. The first-order chi connectivity index (χ1) is 12.5. The Morgan fingerprint density at radius 3 is 2.31 bits per heavy atom. The van der Waals surface area contributed by atoms with Crippen molar-refractivity contribution in [2.24, 2.45) is 4.99 Å². The fraction of sp³-hybridized carbons (Fsp3) is 0.238. The molecule has 3 rings (SSSR count). The summed E-state index contributed by atoms with van der Waals surface area (Å²) in [5.74, 6) is -0.720. The zero-order valence-electron chi connectivity index (χ0n) is 15.1. The Labute approximate surface area is 156 Å². The minimum Gasteiger partial charge on any atom is -0.316 e. The molecular formula is C21H21FN2OS. The van der Waals surface area contributed by atoms with Crippen LogP contribution in [0.2, 0.25) is 0 Å². The largest absolute Gasteiger partial charge is 0.316 e. The van der Waals surface area contributed by atoms with Gasteiger partial charge in [-0.3, -0.25) is 4.79 Å². The molecule has 26 heavy (non-hydrogen) atoms. The molecule has 0 atom stereocenters. The van der Waals surface area contributed by atoms with E-state index in [0.717, 1.165) is 24.2 Å². The molecule has 1 heterocycles. The molecule has 0 radical (unpaired) electrons. The van der Waals surface area contributed by atoms with Gasteiger partial charge < -0.3 is 4.57 Å². The lowest BCUT2D eigenvalue weighted by atomic mass is 10.1. The summed E-state index contributed by atoms with van der Waals surface area (Å²) in [6, 6.07) is 13.9. The van der Waals surface area contributed by atoms with E-state index in [1.807, 2.05) is 6.92 Å². The normalized spacial score (nSPS) is 11.8. The molecule has 3 nitrogen and oxygen atoms in total. The first-order valence-corrected chi connectivity index (χ1v) is 9.49. The van der Waals surface area contributed by atoms with Crippen molar-refractivity contribution >= 4 is 17.2 Å². The van der Waals surface area contributed by atoms with Crippen molar-refractivity contribution in [3.05, 3.63) is 75.2 Å². The van der Waals surface area contributed by atoms with Gasteiger partial charge in [-0.1, -0.05) is 36.8 Å². The molecule has 0 aliphatic heterocycles. The predicted molar refractivity (Wildman–Crippen MR) is 104 cm³/mol. The predicted octanol–water partition coefficient (Wildman–Crippen LogP) is 4.99. The number of aromatic nitrogens is 1. The Balaban J connectivity index is 2.12. The average Bonchev–Trinajstić information content (AvgIpc) is 3.00. The van der Waals surface area contributed by atoms with E-state index in [1.165, 1.54) is 46.0 Å². The van der Waals surface area contributed by atoms with Crippen LogP contribution >= 0.6 is 11.3 Å². The number of halogens is 1. The van der Waals surface area contributed by atoms with Crippen LogP contribution in [0.15, 0.2) is 53.5 Å². The molecule has 134 valence electrons. The zero-order chi connectivity index (χ0) is 18.7. The summed E-state index contributed by atoms with van der Waals surface area (Å²) in [6.07, 6.45) is 0.869. The molecule has 0 saturated carbocycles. The third-order valence-electron chi connectivity index (χ3n) is 4.23. The van der Waals surface area contributed by atoms with Gasteiger partial charge in [0.2, 0.25) is 0 Å². The van der Waals surface area contributed by atoms with Crippen molar-refractivity contribution in [1.82, 2.24) is 4.57 Å². The highest BCUT2D eigenvalue weighted by Gasteiger charge is 2.14. The number of carbonyl (C=O) groups is 1. The van der Waals surface area contributed by atoms with Gasteiger partial charge in [0.1, 0.15) is 5.82 Å². The first kappa shape index (κ1) is 18.3. The van der Waals surface area contributed by atoms with Crippen LogP contribution in [0.5, 0.6) is 0 Å². The quantitative estimate of drug-likeness (QED) is 0.639. The van der Waals surface area contributed by atoms with Crippen LogP contribution in [0.1, 0.15) is 34.6 Å². The van der Waals surface area contributed by atoms with Gasteiger partial charge in [-0.2, -0.15) is 4.99 Å². The fourth-order valence-corrected chi connectivity index (χ4v) is 4.00. The van der Waals surface area contributed by atoms with Crippen molar-refractivity contribution in [3.8, 4) is 11.3 Å². The van der Waals surface area contributed by atoms with Gasteiger partial charge in [0.25, 0.3) is 5.91 Å². The molecule has 1 amide bonds. The Morgan fingerprint density at radius 1 is 1.08 bits per heavy atom. The lowest BCUT2D eigenvalue weighted by Gasteiger charge is -2.09. The van der Waals surface area contributed by atoms with Crippen LogP contribution < -0.4 is 4.80 Å². The fourth-order valence-electron chi connectivity index (χ4n) is 2.85. The van der Waals surface area contributed by atoms with Crippen molar-refractivity contribution in [2.75, 3.05) is 0 Å². The molecule has 0 bridgehead atoms. The molecule has 0 unspecified atom stereocenters. The number of nitrogens with zero attached hydrogens (tertiary/aromatic N) is 2. The van der Waals surface area contributed by atoms with Crippen LogP contribution in [-0.2, 0) is 13.0 Å². The molecule has 0 fully saturated rings. The number of hydrogen-bond donors (Lipinski definition) is 0. The Bertz CT molecular complexity index is 982. The number of amides is 1. The summed E-state index contributed by atoms with van der Waals surface area (Å²) >= 11 is 1.54. The molecule has 0 aliphatic rings. The monoisotopic (exact) mass is 368 g/mol. The maximum atomic E-state index is 13.1. The second kappa shape index (κ2) is 7.79. The van der Waals surface area contributed by atoms with Crippen LogP contribution in [0, 0.1) is 12.7 Å². The molecule has 0 N–H and O–H groups in total. The number of benzene rings is 2. The summed E-state index contributed by atoms with van der Waals surface area (Å²) in [5.41, 5.74) is 3.84. The second-order valence-corrected chi connectivity index (χ2v) is 7.11. The highest BCUT2D eigenvalue weighted by atomic mass is 32.1. The first-order valence-electron chi connectivity index (χ1n) is 8.67. The molecule has 0 spiro atoms. The number of rotatable bonds is 4. The van der Waals surface area contributed by atoms with E-state index in [0.29, 0.717) is 10.4 Å². The van der Waals surface area contributed by atoms with E-state index < -0.39 is 0 Å². The summed E-state index contributed by atoms with van der Waals surface area (Å²) in [6.45, 7) is 6.93. The smallest absolute Gasteiger partial charge is 0.279 e. The minimum atomic E-state index is -0.365. The number of thiazole rings is 1. The molecule has 0 aliphatic carbocycles. The summed E-state index contributed by atoms with van der Waals surface area (Å²) in [4.78, 5) is 18.7. The van der Waals surface area contributed by atoms with E-state index in [4.69, 9.17) is 0 Å². The number of aryl methyl sites for hydroxylation is 2. The Kier molecular flexibility index (Phi) is 5.47. The van der Waals surface area contributed by atoms with Crippen LogP contribution in [0.25, 0.3) is 11.3 Å². The summed E-state index contributed by atoms with van der Waals surface area (Å²) < 4.78 is 15.1. The summed E-state index contributed by atoms with van der Waals surface area (Å²) in [5, 5.41) is 0. The van der Waals surface area contributed by atoms with E-state index in [-0.39, 0.29) is 11.7 Å². The SMILES string of the molecule is CCc1sc(=NC(=O)c2ccc(F)cc2)n(CC)c1-c1ccc(C)cc1. The van der Waals surface area contributed by atoms with Crippen LogP contribution in [-0.4, -0.2) is 10.5 Å². The molecular weight excluding hydrogens is 347 g/mol. The van der Waals surface area contributed by atoms with Gasteiger partial charge in [0.05, 0.1) is 5.69 Å². The minimum absolute atomic E-state index is 0.355. The zero-order valence-corrected chi connectivity index (χ0v) is 15.9. The third-order valence-corrected chi connectivity index (χ3v) is 5.45. The van der Waals surface area contributed by atoms with Crippen molar-refractivity contribution in [1.29, 1.82) is 0 Å². The molecule has 5 heteroatoms. The van der Waals surface area contributed by atoms with Gasteiger partial charge in [-0.25, -0.2) is 4.39 Å². The number of carbonyl (C=O) groups excluding carboxylic acids is 1. The molecule has 3 aromatic rings. The highest BCUT2D eigenvalue weighted by Crippen LogP contribution is 2.27. The van der Waals surface area contributed by atoms with Crippen LogP contribution in [0.3, 0.4) is 0 Å². The Hall–Kier alpha value is -2.53. The van der Waals surface area contributed by atoms with E-state index in [9.17, 15) is 9.18 Å². The molecule has 0 saturated heterocycles. The second-order valence-electron chi connectivity index (χ2n) is 6.04. The van der Waals surface area contributed by atoms with Gasteiger partial charge in [-0.15, -0.1) is 11.3 Å². The van der Waals surface area contributed by atoms with Crippen LogP contribution in [0.4, 0.5) is 4.39 Å². The van der Waals surface area contributed by atoms with Gasteiger partial charge in [-0.05, 0) is 50.1 Å². The molecule has 2 aromatic carbocycles. The third kappa shape index (κ3) is 3.68. The van der Waals surface area contributed by atoms with E-state index in [1.54, 1.807) is 0 Å². The molecule has 1 aromatic heterocycles. The maximum absolute atomic E-state index is 13.1. The van der Waals surface area contributed by atoms with E-state index >= 15 is 0 Å². The van der Waals surface area contributed by atoms with Gasteiger partial charge >= 0.3 is 0 Å². The van der Waals surface area contributed by atoms with Gasteiger partial charge in [0.15, 0.2) is 4.80 Å². The highest BCUT2D eigenvalue weighted by molar-refractivity contribution is 7.09. The van der Waals surface area contributed by atoms with E-state index in [2.05, 4.69) is 47.7 Å². The topological polar surface area (TPSA) is 34.4 Å². The lowest BCUT2D eigenvalue weighted by molar-refractivity contribution is 0.0998. The van der Waals surface area contributed by atoms with Crippen molar-refractivity contribution < 1.29 is 9.18 Å². The summed E-state index contributed by atoms with van der Waals surface area (Å²) in [7, 11) is 0. The maximum Gasteiger partial charge on any atom is 0.279 e. The van der Waals surface area contributed by atoms with Crippen molar-refractivity contribution in [2.45, 2.75) is 33.7 Å². The number of hydrogen-bond acceptors (Lipinski definition) is 2. The lowest BCUT2D eigenvalue weighted by Crippen LogP contribution is -2.17. The van der Waals surface area contributed by atoms with Gasteiger partial charge in [0, 0.05) is 17.0 Å². The standard InChI is InChI=1S/C21H21FN2OS/c1-4-18-19(15-8-6-14(3)7-9-15)24(5-2)21(26-18)23-20(25)16-10-12-17(22)13-11-16/h6-13H,4-5H2,1-3H3. The average molecular weight is 368 g/mol.